The second kappa shape index (κ2) is 5.67. The number of primary amides is 1. The number of nitrogens with zero attached hydrogens (tertiary/aromatic N) is 2. The van der Waals surface area contributed by atoms with Crippen molar-refractivity contribution >= 4 is 29.3 Å². The van der Waals surface area contributed by atoms with Crippen LogP contribution in [0, 0.1) is 6.92 Å². The highest BCUT2D eigenvalue weighted by Gasteiger charge is 2.16. The number of halogens is 1. The molecule has 2 rings (SSSR count). The van der Waals surface area contributed by atoms with E-state index in [9.17, 15) is 4.79 Å². The van der Waals surface area contributed by atoms with E-state index in [-0.39, 0.29) is 11.2 Å². The lowest BCUT2D eigenvalue weighted by atomic mass is 10.2. The predicted octanol–water partition coefficient (Wildman–Crippen LogP) is 2.80. The fourth-order valence-electron chi connectivity index (χ4n) is 1.63. The summed E-state index contributed by atoms with van der Waals surface area (Å²) in [5, 5.41) is 1.09. The summed E-state index contributed by atoms with van der Waals surface area (Å²) < 4.78 is 1.91. The molecule has 0 fully saturated rings. The summed E-state index contributed by atoms with van der Waals surface area (Å²) in [7, 11) is 0. The van der Waals surface area contributed by atoms with E-state index in [4.69, 9.17) is 17.3 Å². The molecule has 1 aromatic heterocycles. The van der Waals surface area contributed by atoms with Gasteiger partial charge in [0, 0.05) is 17.4 Å². The van der Waals surface area contributed by atoms with Crippen LogP contribution in [0.1, 0.15) is 12.5 Å². The number of nitrogens with two attached hydrogens (primary N) is 1. The highest BCUT2D eigenvalue weighted by atomic mass is 35.5. The zero-order chi connectivity index (χ0) is 14.0. The molecular formula is C13H14ClN3OS. The van der Waals surface area contributed by atoms with E-state index in [0.717, 1.165) is 16.4 Å². The predicted molar refractivity (Wildman–Crippen MR) is 77.8 cm³/mol. The van der Waals surface area contributed by atoms with Crippen molar-refractivity contribution in [3.63, 3.8) is 0 Å². The third-order valence-electron chi connectivity index (χ3n) is 2.79. The number of thioether (sulfide) groups is 1. The average molecular weight is 296 g/mol. The van der Waals surface area contributed by atoms with Crippen LogP contribution in [0.3, 0.4) is 0 Å². The molecule has 1 heterocycles. The summed E-state index contributed by atoms with van der Waals surface area (Å²) in [6, 6.07) is 5.69. The van der Waals surface area contributed by atoms with Gasteiger partial charge in [-0.15, -0.1) is 0 Å². The first kappa shape index (κ1) is 14.0. The van der Waals surface area contributed by atoms with Crippen molar-refractivity contribution in [1.29, 1.82) is 0 Å². The highest BCUT2D eigenvalue weighted by Crippen LogP contribution is 2.28. The number of carbonyl (C=O) groups excluding carboxylic acids is 1. The minimum Gasteiger partial charge on any atom is -0.369 e. The Hall–Kier alpha value is -1.46. The average Bonchev–Trinajstić information content (AvgIpc) is 2.80. The van der Waals surface area contributed by atoms with E-state index in [1.54, 1.807) is 13.1 Å². The first-order chi connectivity index (χ1) is 9.00. The molecule has 2 aromatic rings. The Morgan fingerprint density at radius 2 is 2.26 bits per heavy atom. The van der Waals surface area contributed by atoms with Gasteiger partial charge in [-0.2, -0.15) is 0 Å². The lowest BCUT2D eigenvalue weighted by Gasteiger charge is -2.13. The van der Waals surface area contributed by atoms with Gasteiger partial charge in [-0.05, 0) is 31.5 Å². The highest BCUT2D eigenvalue weighted by molar-refractivity contribution is 8.00. The number of hydrogen-bond acceptors (Lipinski definition) is 3. The van der Waals surface area contributed by atoms with Crippen molar-refractivity contribution in [2.75, 3.05) is 0 Å². The van der Waals surface area contributed by atoms with E-state index in [2.05, 4.69) is 4.98 Å². The number of benzene rings is 1. The number of aromatic nitrogens is 2. The summed E-state index contributed by atoms with van der Waals surface area (Å²) >= 11 is 7.45. The lowest BCUT2D eigenvalue weighted by molar-refractivity contribution is -0.117. The van der Waals surface area contributed by atoms with Crippen LogP contribution in [0.25, 0.3) is 5.69 Å². The minimum atomic E-state index is -0.359. The molecule has 1 amide bonds. The van der Waals surface area contributed by atoms with Gasteiger partial charge < -0.3 is 5.73 Å². The molecule has 0 aliphatic carbocycles. The van der Waals surface area contributed by atoms with Crippen molar-refractivity contribution in [3.05, 3.63) is 41.2 Å². The molecule has 1 unspecified atom stereocenters. The largest absolute Gasteiger partial charge is 0.369 e. The van der Waals surface area contributed by atoms with Gasteiger partial charge in [-0.25, -0.2) is 4.98 Å². The van der Waals surface area contributed by atoms with E-state index in [1.807, 2.05) is 35.9 Å². The van der Waals surface area contributed by atoms with Crippen molar-refractivity contribution in [2.24, 2.45) is 5.73 Å². The van der Waals surface area contributed by atoms with Crippen molar-refractivity contribution in [2.45, 2.75) is 24.3 Å². The zero-order valence-corrected chi connectivity index (χ0v) is 12.2. The summed E-state index contributed by atoms with van der Waals surface area (Å²) in [5.41, 5.74) is 7.19. The van der Waals surface area contributed by atoms with Gasteiger partial charge in [0.15, 0.2) is 5.16 Å². The molecule has 0 radical (unpaired) electrons. The molecule has 0 saturated carbocycles. The van der Waals surface area contributed by atoms with Crippen molar-refractivity contribution < 1.29 is 4.79 Å². The lowest BCUT2D eigenvalue weighted by Crippen LogP contribution is -2.23. The Kier molecular flexibility index (Phi) is 4.17. The summed E-state index contributed by atoms with van der Waals surface area (Å²) in [6.07, 6.45) is 3.53. The van der Waals surface area contributed by atoms with E-state index >= 15 is 0 Å². The Morgan fingerprint density at radius 3 is 2.95 bits per heavy atom. The minimum absolute atomic E-state index is 0.333. The van der Waals surface area contributed by atoms with Gasteiger partial charge in [-0.1, -0.05) is 29.4 Å². The maximum Gasteiger partial charge on any atom is 0.230 e. The summed E-state index contributed by atoms with van der Waals surface area (Å²) in [4.78, 5) is 15.4. The first-order valence-corrected chi connectivity index (χ1v) is 7.01. The number of rotatable bonds is 4. The molecule has 0 aliphatic heterocycles. The summed E-state index contributed by atoms with van der Waals surface area (Å²) in [5.74, 6) is -0.359. The Labute approximate surface area is 121 Å². The normalized spacial score (nSPS) is 12.4. The monoisotopic (exact) mass is 295 g/mol. The van der Waals surface area contributed by atoms with Crippen molar-refractivity contribution in [1.82, 2.24) is 9.55 Å². The molecule has 6 heteroatoms. The Balaban J connectivity index is 2.39. The zero-order valence-electron chi connectivity index (χ0n) is 10.6. The maximum absolute atomic E-state index is 11.1. The Bertz CT molecular complexity index is 612. The first-order valence-electron chi connectivity index (χ1n) is 5.75. The number of amides is 1. The Morgan fingerprint density at radius 1 is 1.53 bits per heavy atom. The maximum atomic E-state index is 11.1. The van der Waals surface area contributed by atoms with Crippen molar-refractivity contribution in [3.8, 4) is 5.69 Å². The molecule has 1 atom stereocenters. The fourth-order valence-corrected chi connectivity index (χ4v) is 2.63. The summed E-state index contributed by atoms with van der Waals surface area (Å²) in [6.45, 7) is 3.71. The van der Waals surface area contributed by atoms with Crippen LogP contribution >= 0.6 is 23.4 Å². The molecule has 0 saturated heterocycles. The molecule has 1 aromatic carbocycles. The number of imidazole rings is 1. The molecule has 2 N–H and O–H groups in total. The van der Waals surface area contributed by atoms with Crippen LogP contribution in [0.5, 0.6) is 0 Å². The molecule has 100 valence electrons. The number of carbonyl (C=O) groups is 1. The van der Waals surface area contributed by atoms with Crippen LogP contribution in [-0.4, -0.2) is 20.7 Å². The van der Waals surface area contributed by atoms with E-state index < -0.39 is 0 Å². The van der Waals surface area contributed by atoms with Gasteiger partial charge in [0.05, 0.1) is 10.9 Å². The van der Waals surface area contributed by atoms with Gasteiger partial charge >= 0.3 is 0 Å². The van der Waals surface area contributed by atoms with Gasteiger partial charge in [0.1, 0.15) is 0 Å². The van der Waals surface area contributed by atoms with Gasteiger partial charge in [0.25, 0.3) is 0 Å². The van der Waals surface area contributed by atoms with E-state index in [1.165, 1.54) is 11.8 Å². The van der Waals surface area contributed by atoms with Crippen LogP contribution in [0.4, 0.5) is 0 Å². The van der Waals surface area contributed by atoms with Crippen LogP contribution in [0.2, 0.25) is 5.02 Å². The van der Waals surface area contributed by atoms with Gasteiger partial charge in [0.2, 0.25) is 5.91 Å². The fraction of sp³-hybridized carbons (Fsp3) is 0.231. The second-order valence-electron chi connectivity index (χ2n) is 4.13. The quantitative estimate of drug-likeness (QED) is 0.882. The second-order valence-corrected chi connectivity index (χ2v) is 5.84. The van der Waals surface area contributed by atoms with Crippen LogP contribution < -0.4 is 5.73 Å². The topological polar surface area (TPSA) is 60.9 Å². The molecule has 4 nitrogen and oxygen atoms in total. The van der Waals surface area contributed by atoms with Gasteiger partial charge in [-0.3, -0.25) is 9.36 Å². The third kappa shape index (κ3) is 2.93. The third-order valence-corrected chi connectivity index (χ3v) is 4.30. The standard InChI is InChI=1S/C13H14ClN3OS/c1-8-10(14)4-3-5-11(8)17-7-6-16-13(17)19-9(2)12(15)18/h3-7,9H,1-2H3,(H2,15,18). The molecule has 0 aliphatic rings. The molecule has 0 spiro atoms. The SMILES string of the molecule is Cc1c(Cl)cccc1-n1ccnc1SC(C)C(N)=O. The molecular weight excluding hydrogens is 282 g/mol. The van der Waals surface area contributed by atoms with Crippen LogP contribution in [-0.2, 0) is 4.79 Å². The number of hydrogen-bond donors (Lipinski definition) is 1. The smallest absolute Gasteiger partial charge is 0.230 e. The van der Waals surface area contributed by atoms with E-state index in [0.29, 0.717) is 5.02 Å². The molecule has 0 bridgehead atoms. The molecule has 19 heavy (non-hydrogen) atoms. The van der Waals surface area contributed by atoms with Crippen LogP contribution in [0.15, 0.2) is 35.7 Å².